The van der Waals surface area contributed by atoms with Crippen molar-refractivity contribution in [1.82, 2.24) is 10.2 Å². The molecule has 1 N–H and O–H groups in total. The van der Waals surface area contributed by atoms with Crippen LogP contribution in [-0.2, 0) is 14.3 Å². The number of rotatable bonds is 8. The van der Waals surface area contributed by atoms with E-state index in [-0.39, 0.29) is 18.0 Å². The summed E-state index contributed by atoms with van der Waals surface area (Å²) in [5, 5.41) is 2.95. The van der Waals surface area contributed by atoms with E-state index >= 15 is 0 Å². The molecule has 0 bridgehead atoms. The van der Waals surface area contributed by atoms with Crippen LogP contribution in [0.1, 0.15) is 13.8 Å². The lowest BCUT2D eigenvalue weighted by atomic mass is 10.2. The fraction of sp³-hybridized carbons (Fsp3) is 0.909. The summed E-state index contributed by atoms with van der Waals surface area (Å²) in [4.78, 5) is 13.8. The lowest BCUT2D eigenvalue weighted by molar-refractivity contribution is -0.136. The Kier molecular flexibility index (Phi) is 8.15. The van der Waals surface area contributed by atoms with Gasteiger partial charge in [0, 0.05) is 20.8 Å². The van der Waals surface area contributed by atoms with E-state index in [4.69, 9.17) is 9.47 Å². The lowest BCUT2D eigenvalue weighted by Crippen LogP contribution is -2.50. The van der Waals surface area contributed by atoms with Crippen LogP contribution in [0, 0.1) is 0 Å². The molecule has 0 rings (SSSR count). The highest BCUT2D eigenvalue weighted by molar-refractivity contribution is 5.81. The normalized spacial score (nSPS) is 14.6. The number of hydrogen-bond donors (Lipinski definition) is 1. The van der Waals surface area contributed by atoms with E-state index in [2.05, 4.69) is 5.32 Å². The van der Waals surface area contributed by atoms with E-state index in [1.54, 1.807) is 26.2 Å². The predicted molar refractivity (Wildman–Crippen MR) is 63.4 cm³/mol. The molecule has 1 amide bonds. The Labute approximate surface area is 98.1 Å². The smallest absolute Gasteiger partial charge is 0.239 e. The van der Waals surface area contributed by atoms with Gasteiger partial charge in [0.2, 0.25) is 5.91 Å². The van der Waals surface area contributed by atoms with Crippen LogP contribution >= 0.6 is 0 Å². The van der Waals surface area contributed by atoms with Crippen LogP contribution in [0.2, 0.25) is 0 Å². The lowest BCUT2D eigenvalue weighted by Gasteiger charge is -2.30. The summed E-state index contributed by atoms with van der Waals surface area (Å²) < 4.78 is 10.1. The van der Waals surface area contributed by atoms with Crippen LogP contribution in [0.25, 0.3) is 0 Å². The van der Waals surface area contributed by atoms with Crippen molar-refractivity contribution in [1.29, 1.82) is 0 Å². The molecule has 5 nitrogen and oxygen atoms in total. The highest BCUT2D eigenvalue weighted by Crippen LogP contribution is 2.03. The minimum atomic E-state index is -0.184. The van der Waals surface area contributed by atoms with Gasteiger partial charge in [0.05, 0.1) is 25.3 Å². The Morgan fingerprint density at radius 2 is 1.94 bits per heavy atom. The maximum Gasteiger partial charge on any atom is 0.239 e. The Balaban J connectivity index is 4.45. The molecule has 16 heavy (non-hydrogen) atoms. The standard InChI is InChI=1S/C11H24N2O3/c1-9(8-16-5)13(6-7-15-4)11(14)10(2)12-3/h9-10,12H,6-8H2,1-5H3. The third kappa shape index (κ3) is 4.92. The first-order chi connectivity index (χ1) is 7.58. The van der Waals surface area contributed by atoms with Gasteiger partial charge in [0.15, 0.2) is 0 Å². The summed E-state index contributed by atoms with van der Waals surface area (Å²) in [5.74, 6) is 0.0732. The molecule has 0 aliphatic heterocycles. The van der Waals surface area contributed by atoms with E-state index in [1.807, 2.05) is 13.8 Å². The van der Waals surface area contributed by atoms with E-state index in [9.17, 15) is 4.79 Å². The molecule has 0 saturated carbocycles. The van der Waals surface area contributed by atoms with E-state index in [0.717, 1.165) is 0 Å². The predicted octanol–water partition coefficient (Wildman–Crippen LogP) is 0.104. The molecule has 0 fully saturated rings. The molecule has 0 saturated heterocycles. The number of nitrogens with one attached hydrogen (secondary N) is 1. The van der Waals surface area contributed by atoms with Gasteiger partial charge in [-0.3, -0.25) is 4.79 Å². The van der Waals surface area contributed by atoms with Gasteiger partial charge in [0.25, 0.3) is 0 Å². The quantitative estimate of drug-likeness (QED) is 0.645. The van der Waals surface area contributed by atoms with Crippen molar-refractivity contribution in [2.45, 2.75) is 25.9 Å². The first kappa shape index (κ1) is 15.3. The van der Waals surface area contributed by atoms with Crippen molar-refractivity contribution in [2.75, 3.05) is 41.0 Å². The zero-order chi connectivity index (χ0) is 12.6. The largest absolute Gasteiger partial charge is 0.383 e. The van der Waals surface area contributed by atoms with Gasteiger partial charge in [0.1, 0.15) is 0 Å². The molecular weight excluding hydrogens is 208 g/mol. The topological polar surface area (TPSA) is 50.8 Å². The molecule has 96 valence electrons. The van der Waals surface area contributed by atoms with Gasteiger partial charge < -0.3 is 19.7 Å². The third-order valence-electron chi connectivity index (χ3n) is 2.56. The Hall–Kier alpha value is -0.650. The molecule has 2 unspecified atom stereocenters. The SMILES string of the molecule is CNC(C)C(=O)N(CCOC)C(C)COC. The van der Waals surface area contributed by atoms with Crippen molar-refractivity contribution in [2.24, 2.45) is 0 Å². The average molecular weight is 232 g/mol. The van der Waals surface area contributed by atoms with Gasteiger partial charge in [-0.25, -0.2) is 0 Å². The fourth-order valence-electron chi connectivity index (χ4n) is 1.44. The molecule has 0 aromatic carbocycles. The van der Waals surface area contributed by atoms with E-state index in [0.29, 0.717) is 19.8 Å². The monoisotopic (exact) mass is 232 g/mol. The fourth-order valence-corrected chi connectivity index (χ4v) is 1.44. The third-order valence-corrected chi connectivity index (χ3v) is 2.56. The highest BCUT2D eigenvalue weighted by Gasteiger charge is 2.23. The second-order valence-electron chi connectivity index (χ2n) is 3.84. The molecule has 0 aromatic rings. The summed E-state index contributed by atoms with van der Waals surface area (Å²) >= 11 is 0. The van der Waals surface area contributed by atoms with Gasteiger partial charge in [-0.2, -0.15) is 0 Å². The number of likely N-dealkylation sites (N-methyl/N-ethyl adjacent to an activating group) is 1. The zero-order valence-electron chi connectivity index (χ0n) is 10.9. The number of hydrogen-bond acceptors (Lipinski definition) is 4. The first-order valence-corrected chi connectivity index (χ1v) is 5.54. The van der Waals surface area contributed by atoms with E-state index in [1.165, 1.54) is 0 Å². The second kappa shape index (κ2) is 8.50. The van der Waals surface area contributed by atoms with Crippen LogP contribution in [0.5, 0.6) is 0 Å². The molecular formula is C11H24N2O3. The van der Waals surface area contributed by atoms with Crippen molar-refractivity contribution in [3.63, 3.8) is 0 Å². The molecule has 0 aliphatic carbocycles. The summed E-state index contributed by atoms with van der Waals surface area (Å²) in [6.45, 7) is 5.48. The van der Waals surface area contributed by atoms with Crippen LogP contribution in [0.4, 0.5) is 0 Å². The van der Waals surface area contributed by atoms with Gasteiger partial charge in [-0.1, -0.05) is 0 Å². The van der Waals surface area contributed by atoms with E-state index < -0.39 is 0 Å². The zero-order valence-corrected chi connectivity index (χ0v) is 10.9. The van der Waals surface area contributed by atoms with Gasteiger partial charge in [-0.15, -0.1) is 0 Å². The summed E-state index contributed by atoms with van der Waals surface area (Å²) in [6, 6.07) is -0.125. The first-order valence-electron chi connectivity index (χ1n) is 5.54. The second-order valence-corrected chi connectivity index (χ2v) is 3.84. The van der Waals surface area contributed by atoms with Gasteiger partial charge in [-0.05, 0) is 20.9 Å². The van der Waals surface area contributed by atoms with Crippen LogP contribution in [0.3, 0.4) is 0 Å². The number of methoxy groups -OCH3 is 2. The number of carbonyl (C=O) groups excluding carboxylic acids is 1. The minimum absolute atomic E-state index is 0.0587. The number of nitrogens with zero attached hydrogens (tertiary/aromatic N) is 1. The van der Waals surface area contributed by atoms with Gasteiger partial charge >= 0.3 is 0 Å². The van der Waals surface area contributed by atoms with Crippen LogP contribution in [0.15, 0.2) is 0 Å². The Morgan fingerprint density at radius 3 is 2.38 bits per heavy atom. The minimum Gasteiger partial charge on any atom is -0.383 e. The number of ether oxygens (including phenoxy) is 2. The number of carbonyl (C=O) groups is 1. The van der Waals surface area contributed by atoms with Crippen LogP contribution in [-0.4, -0.2) is 63.9 Å². The van der Waals surface area contributed by atoms with Crippen molar-refractivity contribution >= 4 is 5.91 Å². The summed E-state index contributed by atoms with van der Waals surface area (Å²) in [6.07, 6.45) is 0. The maximum absolute atomic E-state index is 12.0. The van der Waals surface area contributed by atoms with Crippen molar-refractivity contribution in [3.8, 4) is 0 Å². The number of amides is 1. The summed E-state index contributed by atoms with van der Waals surface area (Å²) in [7, 11) is 5.04. The molecule has 0 aromatic heterocycles. The molecule has 0 radical (unpaired) electrons. The molecule has 5 heteroatoms. The molecule has 0 spiro atoms. The Bertz CT molecular complexity index is 200. The van der Waals surface area contributed by atoms with Crippen molar-refractivity contribution in [3.05, 3.63) is 0 Å². The molecule has 0 aliphatic rings. The molecule has 2 atom stereocenters. The highest BCUT2D eigenvalue weighted by atomic mass is 16.5. The average Bonchev–Trinajstić information content (AvgIpc) is 2.28. The Morgan fingerprint density at radius 1 is 1.31 bits per heavy atom. The summed E-state index contributed by atoms with van der Waals surface area (Å²) in [5.41, 5.74) is 0. The maximum atomic E-state index is 12.0. The van der Waals surface area contributed by atoms with Crippen molar-refractivity contribution < 1.29 is 14.3 Å². The van der Waals surface area contributed by atoms with Crippen LogP contribution < -0.4 is 5.32 Å². The molecule has 0 heterocycles.